The van der Waals surface area contributed by atoms with Crippen LogP contribution >= 0.6 is 11.8 Å². The number of carbonyl (C=O) groups excluding carboxylic acids is 1. The van der Waals surface area contributed by atoms with E-state index in [0.29, 0.717) is 13.1 Å². The second kappa shape index (κ2) is 6.47. The summed E-state index contributed by atoms with van der Waals surface area (Å²) in [7, 11) is 0. The minimum Gasteiger partial charge on any atom is -0.444 e. The Morgan fingerprint density at radius 3 is 2.76 bits per heavy atom. The molecule has 1 aromatic heterocycles. The van der Waals surface area contributed by atoms with Crippen LogP contribution in [0.3, 0.4) is 0 Å². The van der Waals surface area contributed by atoms with Crippen molar-refractivity contribution in [3.8, 4) is 0 Å². The molecule has 5 nitrogen and oxygen atoms in total. The van der Waals surface area contributed by atoms with Crippen molar-refractivity contribution in [1.29, 1.82) is 0 Å². The molecular formula is C15H21N3O2S. The third-order valence-electron chi connectivity index (χ3n) is 3.01. The summed E-state index contributed by atoms with van der Waals surface area (Å²) < 4.78 is 5.38. The maximum absolute atomic E-state index is 12.0. The first-order chi connectivity index (χ1) is 9.89. The van der Waals surface area contributed by atoms with Crippen LogP contribution in [0.5, 0.6) is 0 Å². The number of aromatic nitrogens is 2. The molecule has 2 rings (SSSR count). The van der Waals surface area contributed by atoms with Crippen molar-refractivity contribution in [2.45, 2.75) is 37.9 Å². The highest BCUT2D eigenvalue weighted by Gasteiger charge is 2.24. The first-order valence-corrected chi connectivity index (χ1v) is 8.16. The Labute approximate surface area is 129 Å². The number of hydrogen-bond donors (Lipinski definition) is 0. The predicted molar refractivity (Wildman–Crippen MR) is 84.2 cm³/mol. The Bertz CT molecular complexity index is 552. The van der Waals surface area contributed by atoms with Gasteiger partial charge in [0, 0.05) is 19.3 Å². The largest absolute Gasteiger partial charge is 0.444 e. The summed E-state index contributed by atoms with van der Waals surface area (Å²) in [5, 5.41) is 0.767. The smallest absolute Gasteiger partial charge is 0.410 e. The van der Waals surface area contributed by atoms with Crippen LogP contribution in [0.25, 0.3) is 5.57 Å². The minimum atomic E-state index is -0.457. The number of carbonyl (C=O) groups is 1. The maximum Gasteiger partial charge on any atom is 0.410 e. The zero-order chi connectivity index (χ0) is 15.5. The molecular weight excluding hydrogens is 286 g/mol. The first kappa shape index (κ1) is 15.8. The van der Waals surface area contributed by atoms with Gasteiger partial charge in [0.2, 0.25) is 0 Å². The van der Waals surface area contributed by atoms with Crippen LogP contribution in [-0.2, 0) is 4.74 Å². The lowest BCUT2D eigenvalue weighted by atomic mass is 10.1. The summed E-state index contributed by atoms with van der Waals surface area (Å²) >= 11 is 1.52. The average molecular weight is 307 g/mol. The summed E-state index contributed by atoms with van der Waals surface area (Å²) in [4.78, 5) is 22.4. The molecule has 6 heteroatoms. The number of thioether (sulfide) groups is 1. The van der Waals surface area contributed by atoms with E-state index in [9.17, 15) is 4.79 Å². The van der Waals surface area contributed by atoms with E-state index in [1.54, 1.807) is 11.1 Å². The summed E-state index contributed by atoms with van der Waals surface area (Å²) in [5.41, 5.74) is 1.65. The van der Waals surface area contributed by atoms with Crippen molar-refractivity contribution in [1.82, 2.24) is 14.9 Å². The fourth-order valence-corrected chi connectivity index (χ4v) is 2.37. The van der Waals surface area contributed by atoms with Gasteiger partial charge in [0.1, 0.15) is 5.60 Å². The van der Waals surface area contributed by atoms with Crippen molar-refractivity contribution >= 4 is 23.4 Å². The molecule has 1 aliphatic rings. The van der Waals surface area contributed by atoms with E-state index in [2.05, 4.69) is 9.97 Å². The van der Waals surface area contributed by atoms with Crippen LogP contribution in [-0.4, -0.2) is 45.9 Å². The molecule has 2 heterocycles. The summed E-state index contributed by atoms with van der Waals surface area (Å²) in [6, 6.07) is 1.91. The lowest BCUT2D eigenvalue weighted by molar-refractivity contribution is 0.0270. The van der Waals surface area contributed by atoms with Gasteiger partial charge >= 0.3 is 6.09 Å². The number of amides is 1. The molecule has 0 radical (unpaired) electrons. The van der Waals surface area contributed by atoms with Gasteiger partial charge in [0.25, 0.3) is 0 Å². The van der Waals surface area contributed by atoms with Gasteiger partial charge in [-0.1, -0.05) is 17.8 Å². The van der Waals surface area contributed by atoms with Gasteiger partial charge in [-0.05, 0) is 45.1 Å². The lowest BCUT2D eigenvalue weighted by Gasteiger charge is -2.29. The third-order valence-corrected chi connectivity index (χ3v) is 3.57. The molecule has 1 aromatic rings. The molecule has 114 valence electrons. The van der Waals surface area contributed by atoms with Crippen molar-refractivity contribution in [3.63, 3.8) is 0 Å². The maximum atomic E-state index is 12.0. The summed E-state index contributed by atoms with van der Waals surface area (Å²) in [6.07, 6.45) is 6.29. The molecule has 21 heavy (non-hydrogen) atoms. The van der Waals surface area contributed by atoms with Gasteiger partial charge in [0.05, 0.1) is 5.69 Å². The highest BCUT2D eigenvalue weighted by Crippen LogP contribution is 2.23. The van der Waals surface area contributed by atoms with Gasteiger partial charge < -0.3 is 9.64 Å². The minimum absolute atomic E-state index is 0.259. The molecule has 0 atom stereocenters. The topological polar surface area (TPSA) is 55.3 Å². The van der Waals surface area contributed by atoms with E-state index < -0.39 is 5.60 Å². The van der Waals surface area contributed by atoms with Gasteiger partial charge in [-0.15, -0.1) is 0 Å². The number of nitrogens with zero attached hydrogens (tertiary/aromatic N) is 3. The second-order valence-corrected chi connectivity index (χ2v) is 6.61. The lowest BCUT2D eigenvalue weighted by Crippen LogP contribution is -2.39. The molecule has 0 spiro atoms. The highest BCUT2D eigenvalue weighted by molar-refractivity contribution is 7.98. The number of hydrogen-bond acceptors (Lipinski definition) is 5. The SMILES string of the molecule is CSc1nccc(C2=CCN(C(=O)OC(C)(C)C)CC2)n1. The number of rotatable bonds is 2. The van der Waals surface area contributed by atoms with E-state index in [1.165, 1.54) is 11.8 Å². The molecule has 0 aromatic carbocycles. The Hall–Kier alpha value is -1.56. The first-order valence-electron chi connectivity index (χ1n) is 6.93. The van der Waals surface area contributed by atoms with E-state index in [1.807, 2.05) is 39.2 Å². The normalized spacial score (nSPS) is 15.6. The Morgan fingerprint density at radius 1 is 1.43 bits per heavy atom. The zero-order valence-corrected chi connectivity index (χ0v) is 13.7. The summed E-state index contributed by atoms with van der Waals surface area (Å²) in [6.45, 7) is 6.84. The average Bonchev–Trinajstić information content (AvgIpc) is 2.46. The molecule has 1 amide bonds. The summed E-state index contributed by atoms with van der Waals surface area (Å²) in [5.74, 6) is 0. The molecule has 0 bridgehead atoms. The fourth-order valence-electron chi connectivity index (χ4n) is 2.01. The Kier molecular flexibility index (Phi) is 4.88. The third kappa shape index (κ3) is 4.46. The van der Waals surface area contributed by atoms with Gasteiger partial charge in [-0.2, -0.15) is 0 Å². The fraction of sp³-hybridized carbons (Fsp3) is 0.533. The van der Waals surface area contributed by atoms with Crippen LogP contribution in [0.15, 0.2) is 23.5 Å². The Balaban J connectivity index is 2.03. The van der Waals surface area contributed by atoms with Crippen LogP contribution in [0.2, 0.25) is 0 Å². The van der Waals surface area contributed by atoms with E-state index >= 15 is 0 Å². The van der Waals surface area contributed by atoms with Crippen molar-refractivity contribution in [3.05, 3.63) is 24.0 Å². The Morgan fingerprint density at radius 2 is 2.19 bits per heavy atom. The van der Waals surface area contributed by atoms with Crippen LogP contribution in [0.4, 0.5) is 4.79 Å². The highest BCUT2D eigenvalue weighted by atomic mass is 32.2. The zero-order valence-electron chi connectivity index (χ0n) is 12.9. The molecule has 1 aliphatic heterocycles. The van der Waals surface area contributed by atoms with Crippen molar-refractivity contribution in [2.75, 3.05) is 19.3 Å². The van der Waals surface area contributed by atoms with Crippen molar-refractivity contribution < 1.29 is 9.53 Å². The standard InChI is InChI=1S/C15H21N3O2S/c1-15(2,3)20-14(19)18-9-6-11(7-10-18)12-5-8-16-13(17-12)21-4/h5-6,8H,7,9-10H2,1-4H3. The van der Waals surface area contributed by atoms with Crippen LogP contribution in [0, 0.1) is 0 Å². The van der Waals surface area contributed by atoms with E-state index in [0.717, 1.165) is 22.8 Å². The molecule has 0 fully saturated rings. The number of ether oxygens (including phenoxy) is 1. The quantitative estimate of drug-likeness (QED) is 0.620. The molecule has 0 N–H and O–H groups in total. The van der Waals surface area contributed by atoms with Gasteiger partial charge in [0.15, 0.2) is 5.16 Å². The predicted octanol–water partition coefficient (Wildman–Crippen LogP) is 3.22. The molecule has 0 unspecified atom stereocenters. The van der Waals surface area contributed by atoms with E-state index in [-0.39, 0.29) is 6.09 Å². The van der Waals surface area contributed by atoms with E-state index in [4.69, 9.17) is 4.74 Å². The molecule has 0 saturated carbocycles. The molecule has 0 aliphatic carbocycles. The van der Waals surface area contributed by atoms with Gasteiger partial charge in [-0.25, -0.2) is 14.8 Å². The van der Waals surface area contributed by atoms with Crippen LogP contribution in [0.1, 0.15) is 32.9 Å². The molecule has 0 saturated heterocycles. The monoisotopic (exact) mass is 307 g/mol. The second-order valence-electron chi connectivity index (χ2n) is 5.83. The van der Waals surface area contributed by atoms with Crippen molar-refractivity contribution in [2.24, 2.45) is 0 Å². The van der Waals surface area contributed by atoms with Gasteiger partial charge in [-0.3, -0.25) is 0 Å². The van der Waals surface area contributed by atoms with Crippen LogP contribution < -0.4 is 0 Å².